The van der Waals surface area contributed by atoms with E-state index in [9.17, 15) is 5.11 Å². The number of hydrogen-bond acceptors (Lipinski definition) is 2. The molecule has 1 heterocycles. The number of hydrogen-bond donors (Lipinski definition) is 1. The fourth-order valence-corrected chi connectivity index (χ4v) is 3.37. The highest BCUT2D eigenvalue weighted by molar-refractivity contribution is 9.10. The molecule has 1 N–H and O–H groups in total. The molecule has 0 spiro atoms. The fourth-order valence-electron chi connectivity index (χ4n) is 1.76. The van der Waals surface area contributed by atoms with Crippen molar-refractivity contribution in [1.82, 2.24) is 0 Å². The summed E-state index contributed by atoms with van der Waals surface area (Å²) in [5.41, 5.74) is -0.423. The van der Waals surface area contributed by atoms with E-state index in [2.05, 4.69) is 28.2 Å². The molecule has 0 saturated heterocycles. The van der Waals surface area contributed by atoms with Gasteiger partial charge in [-0.25, -0.2) is 0 Å². The number of rotatable bonds is 2. The van der Waals surface area contributed by atoms with Gasteiger partial charge in [0.2, 0.25) is 0 Å². The summed E-state index contributed by atoms with van der Waals surface area (Å²) >= 11 is 5.21. The minimum atomic E-state index is -0.423. The Morgan fingerprint density at radius 1 is 1.77 bits per heavy atom. The first-order valence-electron chi connectivity index (χ1n) is 4.56. The van der Waals surface area contributed by atoms with Crippen molar-refractivity contribution in [2.45, 2.75) is 31.8 Å². The quantitative estimate of drug-likeness (QED) is 0.866. The smallest absolute Gasteiger partial charge is 0.0721 e. The molecule has 1 fully saturated rings. The lowest BCUT2D eigenvalue weighted by molar-refractivity contribution is -0.0846. The highest BCUT2D eigenvalue weighted by atomic mass is 79.9. The minimum absolute atomic E-state index is 0.423. The maximum Gasteiger partial charge on any atom is 0.0721 e. The van der Waals surface area contributed by atoms with Crippen molar-refractivity contribution in [1.29, 1.82) is 0 Å². The summed E-state index contributed by atoms with van der Waals surface area (Å²) in [4.78, 5) is 1.27. The molecule has 0 radical (unpaired) electrons. The zero-order chi connectivity index (χ0) is 9.47. The van der Waals surface area contributed by atoms with Gasteiger partial charge in [-0.3, -0.25) is 0 Å². The Balaban J connectivity index is 2.10. The van der Waals surface area contributed by atoms with Gasteiger partial charge in [0.25, 0.3) is 0 Å². The topological polar surface area (TPSA) is 20.2 Å². The molecule has 0 aromatic carbocycles. The lowest BCUT2D eigenvalue weighted by atomic mass is 9.68. The molecular weight excluding hydrogens is 248 g/mol. The summed E-state index contributed by atoms with van der Waals surface area (Å²) in [6, 6.07) is 2.05. The monoisotopic (exact) mass is 260 g/mol. The molecule has 2 rings (SSSR count). The van der Waals surface area contributed by atoms with Crippen molar-refractivity contribution in [2.24, 2.45) is 5.92 Å². The Labute approximate surface area is 90.9 Å². The lowest BCUT2D eigenvalue weighted by Gasteiger charge is -2.43. The average Bonchev–Trinajstić information content (AvgIpc) is 2.49. The third-order valence-electron chi connectivity index (χ3n) is 3.09. The van der Waals surface area contributed by atoms with Crippen LogP contribution in [0.15, 0.2) is 15.9 Å². The van der Waals surface area contributed by atoms with Crippen LogP contribution in [0.3, 0.4) is 0 Å². The molecule has 1 aliphatic carbocycles. The Hall–Kier alpha value is 0.140. The summed E-state index contributed by atoms with van der Waals surface area (Å²) < 4.78 is 1.14. The summed E-state index contributed by atoms with van der Waals surface area (Å²) in [6.07, 6.45) is 2.93. The van der Waals surface area contributed by atoms with E-state index in [1.807, 2.05) is 6.07 Å². The Bertz CT molecular complexity index is 310. The molecule has 2 unspecified atom stereocenters. The zero-order valence-corrected chi connectivity index (χ0v) is 9.99. The van der Waals surface area contributed by atoms with Gasteiger partial charge in [-0.15, -0.1) is 11.3 Å². The van der Waals surface area contributed by atoms with Crippen molar-refractivity contribution in [3.8, 4) is 0 Å². The molecule has 0 bridgehead atoms. The van der Waals surface area contributed by atoms with E-state index in [0.717, 1.165) is 17.3 Å². The van der Waals surface area contributed by atoms with Crippen molar-refractivity contribution in [2.75, 3.05) is 0 Å². The van der Waals surface area contributed by atoms with Gasteiger partial charge in [-0.2, -0.15) is 0 Å². The van der Waals surface area contributed by atoms with Crippen LogP contribution in [0.1, 0.15) is 24.6 Å². The summed E-state index contributed by atoms with van der Waals surface area (Å²) in [5.74, 6) is 0.460. The highest BCUT2D eigenvalue weighted by Crippen LogP contribution is 2.42. The number of halogens is 1. The average molecular weight is 261 g/mol. The van der Waals surface area contributed by atoms with E-state index in [4.69, 9.17) is 0 Å². The van der Waals surface area contributed by atoms with E-state index in [0.29, 0.717) is 5.92 Å². The fraction of sp³-hybridized carbons (Fsp3) is 0.600. The summed E-state index contributed by atoms with van der Waals surface area (Å²) in [7, 11) is 0. The zero-order valence-electron chi connectivity index (χ0n) is 7.59. The van der Waals surface area contributed by atoms with Crippen molar-refractivity contribution >= 4 is 27.3 Å². The van der Waals surface area contributed by atoms with E-state index in [-0.39, 0.29) is 0 Å². The van der Waals surface area contributed by atoms with Gasteiger partial charge in [-0.05, 0) is 46.1 Å². The predicted molar refractivity (Wildman–Crippen MR) is 59.1 cm³/mol. The third-order valence-corrected chi connectivity index (χ3v) is 5.01. The maximum absolute atomic E-state index is 10.2. The van der Waals surface area contributed by atoms with Crippen molar-refractivity contribution in [3.05, 3.63) is 20.8 Å². The molecule has 1 saturated carbocycles. The molecule has 1 aromatic rings. The lowest BCUT2D eigenvalue weighted by Crippen LogP contribution is -2.47. The predicted octanol–water partition coefficient (Wildman–Crippen LogP) is 3.21. The van der Waals surface area contributed by atoms with Crippen LogP contribution in [0, 0.1) is 5.92 Å². The third kappa shape index (κ3) is 1.69. The van der Waals surface area contributed by atoms with E-state index in [1.165, 1.54) is 11.3 Å². The van der Waals surface area contributed by atoms with Crippen LogP contribution < -0.4 is 0 Å². The molecule has 3 heteroatoms. The van der Waals surface area contributed by atoms with Crippen LogP contribution >= 0.6 is 27.3 Å². The first-order chi connectivity index (χ1) is 6.12. The molecule has 1 nitrogen and oxygen atoms in total. The van der Waals surface area contributed by atoms with Gasteiger partial charge in [-0.1, -0.05) is 6.92 Å². The molecule has 1 aliphatic rings. The molecule has 2 atom stereocenters. The number of aliphatic hydroxyl groups is 1. The first-order valence-corrected chi connectivity index (χ1v) is 6.23. The second-order valence-corrected chi connectivity index (χ2v) is 5.77. The standard InChI is InChI=1S/C10H13BrOS/c1-7-2-4-10(7,12)6-9-8(11)3-5-13-9/h3,5,7,12H,2,4,6H2,1H3. The van der Waals surface area contributed by atoms with Crippen molar-refractivity contribution < 1.29 is 5.11 Å². The Morgan fingerprint density at radius 2 is 2.54 bits per heavy atom. The van der Waals surface area contributed by atoms with Crippen LogP contribution in [0.5, 0.6) is 0 Å². The van der Waals surface area contributed by atoms with E-state index < -0.39 is 5.60 Å². The highest BCUT2D eigenvalue weighted by Gasteiger charge is 2.42. The Kier molecular flexibility index (Phi) is 2.51. The van der Waals surface area contributed by atoms with Gasteiger partial charge in [0.1, 0.15) is 0 Å². The van der Waals surface area contributed by atoms with Crippen LogP contribution in [0.2, 0.25) is 0 Å². The SMILES string of the molecule is CC1CCC1(O)Cc1sccc1Br. The van der Waals surface area contributed by atoms with Gasteiger partial charge < -0.3 is 5.11 Å². The van der Waals surface area contributed by atoms with E-state index in [1.54, 1.807) is 11.3 Å². The molecule has 1 aromatic heterocycles. The molecule has 0 amide bonds. The second kappa shape index (κ2) is 3.37. The molecule has 72 valence electrons. The van der Waals surface area contributed by atoms with Crippen LogP contribution in [-0.4, -0.2) is 10.7 Å². The van der Waals surface area contributed by atoms with E-state index >= 15 is 0 Å². The molecular formula is C10H13BrOS. The first kappa shape index (κ1) is 9.69. The second-order valence-electron chi connectivity index (χ2n) is 3.91. The normalized spacial score (nSPS) is 33.0. The van der Waals surface area contributed by atoms with Crippen LogP contribution in [0.25, 0.3) is 0 Å². The van der Waals surface area contributed by atoms with Gasteiger partial charge in [0.05, 0.1) is 5.60 Å². The van der Waals surface area contributed by atoms with Crippen LogP contribution in [0.4, 0.5) is 0 Å². The number of thiophene rings is 1. The van der Waals surface area contributed by atoms with Gasteiger partial charge in [0.15, 0.2) is 0 Å². The molecule has 13 heavy (non-hydrogen) atoms. The molecule has 0 aliphatic heterocycles. The van der Waals surface area contributed by atoms with Gasteiger partial charge in [0, 0.05) is 15.8 Å². The van der Waals surface area contributed by atoms with Crippen LogP contribution in [-0.2, 0) is 6.42 Å². The summed E-state index contributed by atoms with van der Waals surface area (Å²) in [5, 5.41) is 12.2. The largest absolute Gasteiger partial charge is 0.389 e. The summed E-state index contributed by atoms with van der Waals surface area (Å²) in [6.45, 7) is 2.13. The van der Waals surface area contributed by atoms with Gasteiger partial charge >= 0.3 is 0 Å². The maximum atomic E-state index is 10.2. The Morgan fingerprint density at radius 3 is 2.92 bits per heavy atom. The minimum Gasteiger partial charge on any atom is -0.389 e. The van der Waals surface area contributed by atoms with Crippen molar-refractivity contribution in [3.63, 3.8) is 0 Å².